The van der Waals surface area contributed by atoms with Crippen molar-refractivity contribution in [1.82, 2.24) is 18.9 Å². The lowest BCUT2D eigenvalue weighted by molar-refractivity contribution is 0.102. The minimum Gasteiger partial charge on any atom is -0.312 e. The van der Waals surface area contributed by atoms with E-state index in [2.05, 4.69) is 5.32 Å². The van der Waals surface area contributed by atoms with Gasteiger partial charge in [-0.15, -0.1) is 0 Å². The zero-order valence-electron chi connectivity index (χ0n) is 24.7. The highest BCUT2D eigenvalue weighted by atomic mass is 35.5. The van der Waals surface area contributed by atoms with Gasteiger partial charge in [-0.05, 0) is 61.4 Å². The van der Waals surface area contributed by atoms with Crippen molar-refractivity contribution < 1.29 is 4.79 Å². The SMILES string of the molecule is Cc1ccc(C(=O)Nc2sc(-c3cc4c(=O)n5ccccc5nc4n(CCc4ccccc4)c3=N)nc2-c2ccc(Cl)cc2)cc1. The monoisotopic (exact) mass is 642 g/mol. The molecule has 10 heteroatoms. The van der Waals surface area contributed by atoms with Gasteiger partial charge in [-0.3, -0.25) is 19.4 Å². The van der Waals surface area contributed by atoms with Crippen LogP contribution in [-0.4, -0.2) is 24.8 Å². The molecule has 46 heavy (non-hydrogen) atoms. The largest absolute Gasteiger partial charge is 0.312 e. The fourth-order valence-electron chi connectivity index (χ4n) is 5.36. The third kappa shape index (κ3) is 5.62. The second-order valence-electron chi connectivity index (χ2n) is 10.9. The molecule has 0 atom stereocenters. The number of benzene rings is 3. The molecule has 0 radical (unpaired) electrons. The summed E-state index contributed by atoms with van der Waals surface area (Å²) in [7, 11) is 0. The van der Waals surface area contributed by atoms with Gasteiger partial charge >= 0.3 is 0 Å². The summed E-state index contributed by atoms with van der Waals surface area (Å²) in [6, 6.07) is 31.6. The molecule has 0 spiro atoms. The Morgan fingerprint density at radius 1 is 0.935 bits per heavy atom. The van der Waals surface area contributed by atoms with Crippen LogP contribution in [0.4, 0.5) is 5.00 Å². The first-order valence-electron chi connectivity index (χ1n) is 14.6. The van der Waals surface area contributed by atoms with Gasteiger partial charge in [-0.2, -0.15) is 0 Å². The Bertz CT molecular complexity index is 2360. The Morgan fingerprint density at radius 3 is 2.43 bits per heavy atom. The number of fused-ring (bicyclic) bond motifs is 2. The van der Waals surface area contributed by atoms with E-state index >= 15 is 0 Å². The number of nitrogens with zero attached hydrogens (tertiary/aromatic N) is 4. The molecule has 0 aliphatic heterocycles. The first kappa shape index (κ1) is 29.3. The molecule has 0 fully saturated rings. The Morgan fingerprint density at radius 2 is 1.67 bits per heavy atom. The molecule has 0 unspecified atom stereocenters. The summed E-state index contributed by atoms with van der Waals surface area (Å²) in [4.78, 5) is 37.0. The number of hydrogen-bond donors (Lipinski definition) is 2. The van der Waals surface area contributed by atoms with Crippen molar-refractivity contribution in [2.45, 2.75) is 19.9 Å². The van der Waals surface area contributed by atoms with Crippen molar-refractivity contribution in [3.05, 3.63) is 147 Å². The van der Waals surface area contributed by atoms with Gasteiger partial charge in [0.25, 0.3) is 11.5 Å². The molecule has 3 aromatic carbocycles. The van der Waals surface area contributed by atoms with E-state index in [1.54, 1.807) is 53.2 Å². The van der Waals surface area contributed by atoms with Crippen LogP contribution >= 0.6 is 22.9 Å². The van der Waals surface area contributed by atoms with Gasteiger partial charge in [0.1, 0.15) is 32.5 Å². The van der Waals surface area contributed by atoms with E-state index in [4.69, 9.17) is 21.6 Å². The van der Waals surface area contributed by atoms with Crippen LogP contribution < -0.4 is 16.4 Å². The lowest BCUT2D eigenvalue weighted by Gasteiger charge is -2.14. The van der Waals surface area contributed by atoms with Gasteiger partial charge in [-0.25, -0.2) is 9.97 Å². The number of aromatic nitrogens is 4. The first-order valence-corrected chi connectivity index (χ1v) is 15.8. The van der Waals surface area contributed by atoms with Crippen LogP contribution in [0, 0.1) is 12.3 Å². The number of pyridine rings is 2. The predicted octanol–water partition coefficient (Wildman–Crippen LogP) is 7.38. The van der Waals surface area contributed by atoms with E-state index in [-0.39, 0.29) is 17.0 Å². The van der Waals surface area contributed by atoms with E-state index in [0.29, 0.717) is 61.5 Å². The molecule has 0 saturated heterocycles. The minimum atomic E-state index is -0.276. The number of hydrogen-bond acceptors (Lipinski definition) is 6. The molecule has 1 amide bonds. The zero-order valence-corrected chi connectivity index (χ0v) is 26.3. The van der Waals surface area contributed by atoms with Gasteiger partial charge in [-0.1, -0.05) is 89.2 Å². The third-order valence-corrected chi connectivity index (χ3v) is 9.06. The smallest absolute Gasteiger partial charge is 0.267 e. The lowest BCUT2D eigenvalue weighted by Crippen LogP contribution is -2.27. The zero-order chi connectivity index (χ0) is 31.8. The Labute approximate surface area is 272 Å². The number of rotatable bonds is 7. The minimum absolute atomic E-state index is 0.170. The fourth-order valence-corrected chi connectivity index (χ4v) is 6.48. The number of nitrogens with one attached hydrogen (secondary N) is 2. The number of carbonyl (C=O) groups excluding carboxylic acids is 1. The number of amides is 1. The van der Waals surface area contributed by atoms with Crippen molar-refractivity contribution in [3.63, 3.8) is 0 Å². The summed E-state index contributed by atoms with van der Waals surface area (Å²) in [6.07, 6.45) is 2.32. The van der Waals surface area contributed by atoms with Gasteiger partial charge in [0.15, 0.2) is 0 Å². The van der Waals surface area contributed by atoms with E-state index < -0.39 is 0 Å². The van der Waals surface area contributed by atoms with Crippen LogP contribution in [0.5, 0.6) is 0 Å². The maximum atomic E-state index is 13.8. The Hall–Kier alpha value is -5.38. The van der Waals surface area contributed by atoms with E-state index in [1.807, 2.05) is 67.6 Å². The summed E-state index contributed by atoms with van der Waals surface area (Å²) in [5.41, 5.74) is 5.29. The summed E-state index contributed by atoms with van der Waals surface area (Å²) >= 11 is 7.44. The number of halogens is 1. The maximum absolute atomic E-state index is 13.8. The highest BCUT2D eigenvalue weighted by Crippen LogP contribution is 2.38. The molecule has 7 aromatic rings. The van der Waals surface area contributed by atoms with Crippen LogP contribution in [0.2, 0.25) is 5.02 Å². The van der Waals surface area contributed by atoms with Gasteiger partial charge in [0.2, 0.25) is 0 Å². The summed E-state index contributed by atoms with van der Waals surface area (Å²) in [6.45, 7) is 2.39. The molecule has 2 N–H and O–H groups in total. The highest BCUT2D eigenvalue weighted by molar-refractivity contribution is 7.19. The van der Waals surface area contributed by atoms with Crippen molar-refractivity contribution in [3.8, 4) is 21.8 Å². The van der Waals surface area contributed by atoms with E-state index in [1.165, 1.54) is 15.7 Å². The van der Waals surface area contributed by atoms with Crippen LogP contribution in [0.1, 0.15) is 21.5 Å². The maximum Gasteiger partial charge on any atom is 0.267 e. The molecule has 0 aliphatic carbocycles. The van der Waals surface area contributed by atoms with Crippen LogP contribution in [-0.2, 0) is 13.0 Å². The van der Waals surface area contributed by atoms with E-state index in [9.17, 15) is 15.0 Å². The van der Waals surface area contributed by atoms with Crippen LogP contribution in [0.25, 0.3) is 38.5 Å². The molecule has 4 heterocycles. The second-order valence-corrected chi connectivity index (χ2v) is 12.3. The number of carbonyl (C=O) groups is 1. The normalized spacial score (nSPS) is 11.3. The first-order chi connectivity index (χ1) is 22.4. The fraction of sp³-hybridized carbons (Fsp3) is 0.0833. The average Bonchev–Trinajstić information content (AvgIpc) is 3.48. The van der Waals surface area contributed by atoms with Crippen LogP contribution in [0.15, 0.2) is 114 Å². The quantitative estimate of drug-likeness (QED) is 0.177. The molecule has 8 nitrogen and oxygen atoms in total. The predicted molar refractivity (Wildman–Crippen MR) is 184 cm³/mol. The van der Waals surface area contributed by atoms with E-state index in [0.717, 1.165) is 16.7 Å². The molecular formula is C36H27ClN6O2S. The number of aryl methyl sites for hydroxylation is 3. The van der Waals surface area contributed by atoms with Crippen molar-refractivity contribution in [2.75, 3.05) is 5.32 Å². The topological polar surface area (TPSA) is 105 Å². The summed E-state index contributed by atoms with van der Waals surface area (Å²) in [5.74, 6) is -0.276. The molecule has 0 aliphatic rings. The number of thiazole rings is 1. The van der Waals surface area contributed by atoms with Gasteiger partial charge < -0.3 is 9.88 Å². The molecular weight excluding hydrogens is 616 g/mol. The van der Waals surface area contributed by atoms with Gasteiger partial charge in [0.05, 0.1) is 10.9 Å². The molecule has 7 rings (SSSR count). The Kier molecular flexibility index (Phi) is 7.78. The Balaban J connectivity index is 1.41. The highest BCUT2D eigenvalue weighted by Gasteiger charge is 2.21. The molecule has 226 valence electrons. The average molecular weight is 643 g/mol. The van der Waals surface area contributed by atoms with Crippen molar-refractivity contribution in [1.29, 1.82) is 5.41 Å². The third-order valence-electron chi connectivity index (χ3n) is 7.80. The summed E-state index contributed by atoms with van der Waals surface area (Å²) < 4.78 is 3.28. The van der Waals surface area contributed by atoms with Crippen LogP contribution in [0.3, 0.4) is 0 Å². The molecule has 0 saturated carbocycles. The number of anilines is 1. The molecule has 0 bridgehead atoms. The van der Waals surface area contributed by atoms with Crippen molar-refractivity contribution in [2.24, 2.45) is 0 Å². The summed E-state index contributed by atoms with van der Waals surface area (Å²) in [5, 5.41) is 14.4. The second kappa shape index (κ2) is 12.2. The molecule has 4 aromatic heterocycles. The van der Waals surface area contributed by atoms with Crippen molar-refractivity contribution >= 4 is 50.5 Å². The van der Waals surface area contributed by atoms with Gasteiger partial charge in [0, 0.05) is 28.9 Å². The lowest BCUT2D eigenvalue weighted by atomic mass is 10.1. The standard InChI is InChI=1S/C36H27ClN6O2S/c1-22-10-12-25(13-11-22)33(44)41-35-30(24-14-16-26(37)17-15-24)40-34(46-35)27-21-28-32(39-29-9-5-6-19-42(29)36(28)45)43(31(27)38)20-18-23-7-3-2-4-8-23/h2-17,19,21,38H,18,20H2,1H3,(H,41,44).